The molecule has 1 saturated carbocycles. The van der Waals surface area contributed by atoms with Crippen molar-refractivity contribution >= 4 is 11.9 Å². The molecule has 3 amide bonds. The zero-order chi connectivity index (χ0) is 15.4. The molecule has 3 atom stereocenters. The van der Waals surface area contributed by atoms with Gasteiger partial charge in [-0.15, -0.1) is 0 Å². The van der Waals surface area contributed by atoms with Crippen molar-refractivity contribution < 1.29 is 9.59 Å². The highest BCUT2D eigenvalue weighted by molar-refractivity contribution is 5.96. The molecule has 2 rings (SSSR count). The fraction of sp³-hybridized carbons (Fsp3) is 0.875. The van der Waals surface area contributed by atoms with Gasteiger partial charge in [-0.25, -0.2) is 4.79 Å². The average Bonchev–Trinajstić information content (AvgIpc) is 2.89. The lowest BCUT2D eigenvalue weighted by Crippen LogP contribution is -2.53. The third kappa shape index (κ3) is 4.70. The Labute approximate surface area is 127 Å². The highest BCUT2D eigenvalue weighted by Crippen LogP contribution is 2.22. The Morgan fingerprint density at radius 3 is 2.24 bits per heavy atom. The van der Waals surface area contributed by atoms with Crippen LogP contribution in [-0.2, 0) is 4.79 Å². The first-order valence-electron chi connectivity index (χ1n) is 8.31. The van der Waals surface area contributed by atoms with Crippen molar-refractivity contribution in [3.63, 3.8) is 0 Å². The highest BCUT2D eigenvalue weighted by atomic mass is 16.2. The first-order chi connectivity index (χ1) is 9.95. The van der Waals surface area contributed by atoms with E-state index in [1.54, 1.807) is 0 Å². The molecule has 2 aliphatic rings. The van der Waals surface area contributed by atoms with Crippen molar-refractivity contribution in [3.8, 4) is 0 Å². The van der Waals surface area contributed by atoms with E-state index in [9.17, 15) is 9.59 Å². The van der Waals surface area contributed by atoms with Crippen LogP contribution < -0.4 is 10.6 Å². The minimum Gasteiger partial charge on any atom is -0.335 e. The monoisotopic (exact) mass is 295 g/mol. The lowest BCUT2D eigenvalue weighted by molar-refractivity contribution is -0.125. The molecule has 0 aromatic carbocycles. The maximum atomic E-state index is 12.2. The van der Waals surface area contributed by atoms with Crippen molar-refractivity contribution in [1.29, 1.82) is 0 Å². The van der Waals surface area contributed by atoms with Gasteiger partial charge < -0.3 is 5.32 Å². The largest absolute Gasteiger partial charge is 0.335 e. The molecule has 0 unspecified atom stereocenters. The second-order valence-corrected chi connectivity index (χ2v) is 7.02. The van der Waals surface area contributed by atoms with Gasteiger partial charge in [-0.1, -0.05) is 26.7 Å². The molecule has 0 aromatic rings. The minimum absolute atomic E-state index is 0.188. The molecule has 0 aromatic heterocycles. The van der Waals surface area contributed by atoms with E-state index in [0.29, 0.717) is 11.8 Å². The van der Waals surface area contributed by atoms with E-state index in [2.05, 4.69) is 29.4 Å². The van der Waals surface area contributed by atoms with Crippen LogP contribution in [0.25, 0.3) is 0 Å². The summed E-state index contributed by atoms with van der Waals surface area (Å²) in [4.78, 5) is 26.3. The number of carbonyl (C=O) groups is 2. The predicted molar refractivity (Wildman–Crippen MR) is 82.9 cm³/mol. The Morgan fingerprint density at radius 2 is 1.67 bits per heavy atom. The Kier molecular flexibility index (Phi) is 5.62. The second kappa shape index (κ2) is 7.25. The van der Waals surface area contributed by atoms with Gasteiger partial charge in [0.25, 0.3) is 0 Å². The maximum absolute atomic E-state index is 12.2. The van der Waals surface area contributed by atoms with E-state index in [1.165, 1.54) is 19.3 Å². The molecule has 1 heterocycles. The molecule has 0 spiro atoms. The zero-order valence-corrected chi connectivity index (χ0v) is 13.5. The van der Waals surface area contributed by atoms with Gasteiger partial charge in [-0.3, -0.25) is 15.0 Å². The second-order valence-electron chi connectivity index (χ2n) is 7.02. The average molecular weight is 295 g/mol. The first kappa shape index (κ1) is 16.3. The number of hydrogen-bond donors (Lipinski definition) is 2. The summed E-state index contributed by atoms with van der Waals surface area (Å²) in [5, 5.41) is 5.40. The van der Waals surface area contributed by atoms with Crippen LogP contribution in [0.3, 0.4) is 0 Å². The number of urea groups is 1. The molecule has 1 aliphatic carbocycles. The summed E-state index contributed by atoms with van der Waals surface area (Å²) in [6.45, 7) is 8.20. The van der Waals surface area contributed by atoms with Gasteiger partial charge in [-0.2, -0.15) is 0 Å². The van der Waals surface area contributed by atoms with Crippen LogP contribution in [-0.4, -0.2) is 42.0 Å². The number of nitrogens with zero attached hydrogens (tertiary/aromatic N) is 1. The van der Waals surface area contributed by atoms with Crippen LogP contribution >= 0.6 is 0 Å². The SMILES string of the molecule is C[C@@H]1C[C@@H](C)CN([C@H](C)C(=O)NC(=O)NC2CCCC2)C1. The van der Waals surface area contributed by atoms with Crippen LogP contribution in [0.4, 0.5) is 4.79 Å². The maximum Gasteiger partial charge on any atom is 0.321 e. The van der Waals surface area contributed by atoms with Gasteiger partial charge in [-0.05, 0) is 38.0 Å². The minimum atomic E-state index is -0.336. The number of rotatable bonds is 3. The van der Waals surface area contributed by atoms with Crippen LogP contribution in [0, 0.1) is 11.8 Å². The molecular formula is C16H29N3O2. The van der Waals surface area contributed by atoms with E-state index >= 15 is 0 Å². The van der Waals surface area contributed by atoms with Gasteiger partial charge in [0.2, 0.25) is 5.91 Å². The van der Waals surface area contributed by atoms with Crippen LogP contribution in [0.5, 0.6) is 0 Å². The van der Waals surface area contributed by atoms with Crippen molar-refractivity contribution in [3.05, 3.63) is 0 Å². The van der Waals surface area contributed by atoms with Crippen molar-refractivity contribution in [2.24, 2.45) is 11.8 Å². The Morgan fingerprint density at radius 1 is 1.10 bits per heavy atom. The van der Waals surface area contributed by atoms with Gasteiger partial charge in [0.15, 0.2) is 0 Å². The third-order valence-electron chi connectivity index (χ3n) is 4.75. The summed E-state index contributed by atoms with van der Waals surface area (Å²) in [6.07, 6.45) is 5.60. The fourth-order valence-corrected chi connectivity index (χ4v) is 3.70. The Bertz CT molecular complexity index is 370. The van der Waals surface area contributed by atoms with E-state index in [1.807, 2.05) is 6.92 Å². The molecule has 5 heteroatoms. The molecule has 2 fully saturated rings. The number of piperidine rings is 1. The third-order valence-corrected chi connectivity index (χ3v) is 4.75. The smallest absolute Gasteiger partial charge is 0.321 e. The van der Waals surface area contributed by atoms with E-state index < -0.39 is 0 Å². The number of imide groups is 1. The number of likely N-dealkylation sites (tertiary alicyclic amines) is 1. The molecule has 1 aliphatic heterocycles. The molecule has 2 N–H and O–H groups in total. The van der Waals surface area contributed by atoms with Gasteiger partial charge >= 0.3 is 6.03 Å². The summed E-state index contributed by atoms with van der Waals surface area (Å²) >= 11 is 0. The van der Waals surface area contributed by atoms with Crippen molar-refractivity contribution in [1.82, 2.24) is 15.5 Å². The molecule has 1 saturated heterocycles. The lowest BCUT2D eigenvalue weighted by atomic mass is 9.91. The number of amides is 3. The summed E-state index contributed by atoms with van der Waals surface area (Å²) in [7, 11) is 0. The number of carbonyl (C=O) groups excluding carboxylic acids is 2. The quantitative estimate of drug-likeness (QED) is 0.838. The number of nitrogens with one attached hydrogen (secondary N) is 2. The summed E-state index contributed by atoms with van der Waals surface area (Å²) in [5.41, 5.74) is 0. The van der Waals surface area contributed by atoms with Gasteiger partial charge in [0.1, 0.15) is 0 Å². The van der Waals surface area contributed by atoms with Crippen molar-refractivity contribution in [2.75, 3.05) is 13.1 Å². The Hall–Kier alpha value is -1.10. The summed E-state index contributed by atoms with van der Waals surface area (Å²) < 4.78 is 0. The molecule has 5 nitrogen and oxygen atoms in total. The highest BCUT2D eigenvalue weighted by Gasteiger charge is 2.29. The summed E-state index contributed by atoms with van der Waals surface area (Å²) in [6, 6.07) is -0.343. The van der Waals surface area contributed by atoms with Crippen LogP contribution in [0.15, 0.2) is 0 Å². The first-order valence-corrected chi connectivity index (χ1v) is 8.31. The lowest BCUT2D eigenvalue weighted by Gasteiger charge is -2.38. The van der Waals surface area contributed by atoms with Crippen LogP contribution in [0.2, 0.25) is 0 Å². The topological polar surface area (TPSA) is 61.4 Å². The molecule has 0 radical (unpaired) electrons. The molecular weight excluding hydrogens is 266 g/mol. The van der Waals surface area contributed by atoms with Gasteiger partial charge in [0.05, 0.1) is 6.04 Å². The standard InChI is InChI=1S/C16H29N3O2/c1-11-8-12(2)10-19(9-11)13(3)15(20)18-16(21)17-14-6-4-5-7-14/h11-14H,4-10H2,1-3H3,(H2,17,18,20,21)/t11-,12-,13-/m1/s1. The predicted octanol–water partition coefficient (Wildman–Crippen LogP) is 2.12. The van der Waals surface area contributed by atoms with E-state index in [-0.39, 0.29) is 24.0 Å². The molecule has 120 valence electrons. The molecule has 21 heavy (non-hydrogen) atoms. The number of hydrogen-bond acceptors (Lipinski definition) is 3. The summed E-state index contributed by atoms with van der Waals surface area (Å²) in [5.74, 6) is 1.03. The fourth-order valence-electron chi connectivity index (χ4n) is 3.70. The van der Waals surface area contributed by atoms with E-state index in [0.717, 1.165) is 25.9 Å². The van der Waals surface area contributed by atoms with E-state index in [4.69, 9.17) is 0 Å². The Balaban J connectivity index is 1.79. The molecule has 0 bridgehead atoms. The normalized spacial score (nSPS) is 29.1. The van der Waals surface area contributed by atoms with Gasteiger partial charge in [0, 0.05) is 19.1 Å². The van der Waals surface area contributed by atoms with Crippen LogP contribution in [0.1, 0.15) is 52.9 Å². The zero-order valence-electron chi connectivity index (χ0n) is 13.5. The van der Waals surface area contributed by atoms with Crippen molar-refractivity contribution in [2.45, 2.75) is 65.0 Å².